The molecule has 0 radical (unpaired) electrons. The van der Waals surface area contributed by atoms with Gasteiger partial charge in [-0.3, -0.25) is 4.79 Å². The zero-order valence-corrected chi connectivity index (χ0v) is 17.1. The standard InChI is InChI=1S/C21H20N4OS2/c1-2-13-27-21-23-22-20-24(14-9-5-3-6-10-14)18(26)17-15-11-7-4-8-12-16(15)28-19(17)25(20)21/h2-3,5-6,9-10H,1,4,7-8,11-13H2. The molecule has 0 fully saturated rings. The molecule has 7 heteroatoms. The molecule has 3 heterocycles. The molecular formula is C21H20N4OS2. The van der Waals surface area contributed by atoms with Gasteiger partial charge in [0.25, 0.3) is 5.56 Å². The minimum atomic E-state index is 0.0146. The predicted octanol–water partition coefficient (Wildman–Crippen LogP) is 4.64. The van der Waals surface area contributed by atoms with Crippen molar-refractivity contribution in [1.82, 2.24) is 19.2 Å². The van der Waals surface area contributed by atoms with Crippen LogP contribution in [0.25, 0.3) is 21.7 Å². The van der Waals surface area contributed by atoms with Crippen molar-refractivity contribution in [2.75, 3.05) is 5.75 Å². The average Bonchev–Trinajstić information content (AvgIpc) is 3.21. The Morgan fingerprint density at radius 1 is 1.14 bits per heavy atom. The lowest BCUT2D eigenvalue weighted by molar-refractivity contribution is 0.713. The summed E-state index contributed by atoms with van der Waals surface area (Å²) < 4.78 is 3.78. The molecule has 1 aliphatic carbocycles. The van der Waals surface area contributed by atoms with E-state index in [-0.39, 0.29) is 5.56 Å². The van der Waals surface area contributed by atoms with Crippen molar-refractivity contribution in [3.05, 3.63) is 63.8 Å². The minimum absolute atomic E-state index is 0.0146. The van der Waals surface area contributed by atoms with E-state index in [0.29, 0.717) is 5.78 Å². The second-order valence-electron chi connectivity index (χ2n) is 6.94. The summed E-state index contributed by atoms with van der Waals surface area (Å²) in [6.45, 7) is 3.81. The Hall–Kier alpha value is -2.38. The van der Waals surface area contributed by atoms with Gasteiger partial charge in [-0.05, 0) is 43.4 Å². The molecule has 0 spiro atoms. The molecule has 0 aliphatic heterocycles. The van der Waals surface area contributed by atoms with Crippen LogP contribution in [0.3, 0.4) is 0 Å². The Labute approximate surface area is 170 Å². The number of aryl methyl sites for hydroxylation is 2. The quantitative estimate of drug-likeness (QED) is 0.280. The number of aromatic nitrogens is 4. The van der Waals surface area contributed by atoms with E-state index in [4.69, 9.17) is 0 Å². The molecule has 0 saturated heterocycles. The number of benzene rings is 1. The van der Waals surface area contributed by atoms with Gasteiger partial charge < -0.3 is 0 Å². The molecule has 1 aromatic carbocycles. The van der Waals surface area contributed by atoms with Crippen LogP contribution in [0.5, 0.6) is 0 Å². The topological polar surface area (TPSA) is 52.2 Å². The summed E-state index contributed by atoms with van der Waals surface area (Å²) in [7, 11) is 0. The molecule has 4 aromatic rings. The molecule has 5 nitrogen and oxygen atoms in total. The third kappa shape index (κ3) is 2.72. The fourth-order valence-electron chi connectivity index (χ4n) is 3.93. The Morgan fingerprint density at radius 2 is 1.96 bits per heavy atom. The maximum absolute atomic E-state index is 13.7. The summed E-state index contributed by atoms with van der Waals surface area (Å²) in [4.78, 5) is 16.0. The molecule has 0 saturated carbocycles. The van der Waals surface area contributed by atoms with Crippen LogP contribution in [0.1, 0.15) is 29.7 Å². The minimum Gasteiger partial charge on any atom is -0.268 e. The summed E-state index contributed by atoms with van der Waals surface area (Å²) >= 11 is 3.34. The molecule has 142 valence electrons. The number of hydrogen-bond donors (Lipinski definition) is 0. The fraction of sp³-hybridized carbons (Fsp3) is 0.286. The lowest BCUT2D eigenvalue weighted by atomic mass is 10.1. The maximum Gasteiger partial charge on any atom is 0.268 e. The highest BCUT2D eigenvalue weighted by molar-refractivity contribution is 7.99. The van der Waals surface area contributed by atoms with Gasteiger partial charge in [0.1, 0.15) is 4.83 Å². The molecule has 0 unspecified atom stereocenters. The van der Waals surface area contributed by atoms with Crippen LogP contribution in [0.2, 0.25) is 0 Å². The van der Waals surface area contributed by atoms with Crippen molar-refractivity contribution in [1.29, 1.82) is 0 Å². The van der Waals surface area contributed by atoms with E-state index in [2.05, 4.69) is 21.2 Å². The van der Waals surface area contributed by atoms with E-state index in [0.717, 1.165) is 46.1 Å². The van der Waals surface area contributed by atoms with Gasteiger partial charge in [-0.25, -0.2) is 8.97 Å². The van der Waals surface area contributed by atoms with Crippen LogP contribution in [0.15, 0.2) is 52.9 Å². The van der Waals surface area contributed by atoms with Crippen LogP contribution in [-0.2, 0) is 12.8 Å². The van der Waals surface area contributed by atoms with Gasteiger partial charge >= 0.3 is 0 Å². The number of thiophene rings is 1. The van der Waals surface area contributed by atoms with Crippen LogP contribution in [0, 0.1) is 0 Å². The Bertz CT molecular complexity index is 1240. The number of rotatable bonds is 4. The first-order valence-electron chi connectivity index (χ1n) is 9.53. The Balaban J connectivity index is 1.92. The van der Waals surface area contributed by atoms with E-state index in [9.17, 15) is 4.79 Å². The monoisotopic (exact) mass is 408 g/mol. The number of thioether (sulfide) groups is 1. The van der Waals surface area contributed by atoms with Crippen molar-refractivity contribution in [3.63, 3.8) is 0 Å². The van der Waals surface area contributed by atoms with E-state index < -0.39 is 0 Å². The highest BCUT2D eigenvalue weighted by Crippen LogP contribution is 2.36. The van der Waals surface area contributed by atoms with Crippen molar-refractivity contribution >= 4 is 39.1 Å². The number of para-hydroxylation sites is 1. The highest BCUT2D eigenvalue weighted by atomic mass is 32.2. The van der Waals surface area contributed by atoms with Crippen molar-refractivity contribution in [2.24, 2.45) is 0 Å². The summed E-state index contributed by atoms with van der Waals surface area (Å²) in [5.74, 6) is 1.32. The van der Waals surface area contributed by atoms with Gasteiger partial charge in [0.05, 0.1) is 11.1 Å². The van der Waals surface area contributed by atoms with Crippen molar-refractivity contribution < 1.29 is 0 Å². The average molecular weight is 409 g/mol. The maximum atomic E-state index is 13.7. The van der Waals surface area contributed by atoms with Crippen LogP contribution < -0.4 is 5.56 Å². The van der Waals surface area contributed by atoms with Gasteiger partial charge in [0.15, 0.2) is 5.16 Å². The molecule has 28 heavy (non-hydrogen) atoms. The first kappa shape index (κ1) is 17.7. The van der Waals surface area contributed by atoms with E-state index in [1.165, 1.54) is 23.3 Å². The molecule has 5 rings (SSSR count). The van der Waals surface area contributed by atoms with Crippen LogP contribution in [0.4, 0.5) is 0 Å². The SMILES string of the molecule is C=CCSc1nnc2n(-c3ccccc3)c(=O)c3c4c(sc3n12)CCCCC4. The summed E-state index contributed by atoms with van der Waals surface area (Å²) in [5, 5.41) is 10.5. The molecule has 0 amide bonds. The normalized spacial score (nSPS) is 14.3. The smallest absolute Gasteiger partial charge is 0.268 e. The number of hydrogen-bond acceptors (Lipinski definition) is 5. The zero-order chi connectivity index (χ0) is 19.1. The third-order valence-corrected chi connectivity index (χ3v) is 7.39. The summed E-state index contributed by atoms with van der Waals surface area (Å²) in [6, 6.07) is 9.74. The second-order valence-corrected chi connectivity index (χ2v) is 9.01. The Morgan fingerprint density at radius 3 is 2.79 bits per heavy atom. The van der Waals surface area contributed by atoms with Gasteiger partial charge in [0.2, 0.25) is 5.78 Å². The van der Waals surface area contributed by atoms with Crippen LogP contribution >= 0.6 is 23.1 Å². The van der Waals surface area contributed by atoms with Gasteiger partial charge in [-0.1, -0.05) is 42.5 Å². The van der Waals surface area contributed by atoms with Crippen molar-refractivity contribution in [2.45, 2.75) is 37.3 Å². The fourth-order valence-corrected chi connectivity index (χ4v) is 6.03. The first-order valence-corrected chi connectivity index (χ1v) is 11.3. The molecule has 0 bridgehead atoms. The van der Waals surface area contributed by atoms with Crippen LogP contribution in [-0.4, -0.2) is 24.9 Å². The van der Waals surface area contributed by atoms with E-state index >= 15 is 0 Å². The largest absolute Gasteiger partial charge is 0.268 e. The number of nitrogens with zero attached hydrogens (tertiary/aromatic N) is 4. The van der Waals surface area contributed by atoms with Gasteiger partial charge in [0, 0.05) is 10.6 Å². The predicted molar refractivity (Wildman–Crippen MR) is 116 cm³/mol. The summed E-state index contributed by atoms with van der Waals surface area (Å²) in [5.41, 5.74) is 2.07. The first-order chi connectivity index (χ1) is 13.8. The third-order valence-electron chi connectivity index (χ3n) is 5.18. The van der Waals surface area contributed by atoms with Crippen molar-refractivity contribution in [3.8, 4) is 5.69 Å². The zero-order valence-electron chi connectivity index (χ0n) is 15.4. The highest BCUT2D eigenvalue weighted by Gasteiger charge is 2.24. The lowest BCUT2D eigenvalue weighted by Gasteiger charge is -2.10. The second kappa shape index (κ2) is 7.22. The van der Waals surface area contributed by atoms with Gasteiger partial charge in [-0.2, -0.15) is 0 Å². The van der Waals surface area contributed by atoms with E-state index in [1.54, 1.807) is 27.7 Å². The molecule has 0 atom stereocenters. The molecule has 3 aromatic heterocycles. The molecule has 0 N–H and O–H groups in total. The summed E-state index contributed by atoms with van der Waals surface area (Å²) in [6.07, 6.45) is 7.45. The lowest BCUT2D eigenvalue weighted by Crippen LogP contribution is -2.22. The van der Waals surface area contributed by atoms with Gasteiger partial charge in [-0.15, -0.1) is 28.1 Å². The van der Waals surface area contributed by atoms with E-state index in [1.807, 2.05) is 36.4 Å². The molecule has 1 aliphatic rings. The Kier molecular flexibility index (Phi) is 4.56. The number of fused-ring (bicyclic) bond motifs is 5. The molecular weight excluding hydrogens is 388 g/mol.